The molecule has 0 fully saturated rings. The lowest BCUT2D eigenvalue weighted by atomic mass is 10.1. The Balaban J connectivity index is 1.63. The molecule has 0 saturated carbocycles. The zero-order valence-electron chi connectivity index (χ0n) is 13.5. The molecular formula is C19H21N3O. The molecule has 0 saturated heterocycles. The average molecular weight is 307 g/mol. The minimum absolute atomic E-state index is 0.0248. The van der Waals surface area contributed by atoms with Crippen molar-refractivity contribution < 1.29 is 4.79 Å². The highest BCUT2D eigenvalue weighted by molar-refractivity contribution is 6.06. The third-order valence-electron chi connectivity index (χ3n) is 4.07. The van der Waals surface area contributed by atoms with Crippen molar-refractivity contribution in [1.29, 1.82) is 0 Å². The number of carbonyl (C=O) groups is 1. The number of rotatable bonds is 5. The van der Waals surface area contributed by atoms with Gasteiger partial charge in [0.15, 0.2) is 0 Å². The summed E-state index contributed by atoms with van der Waals surface area (Å²) < 4.78 is 1.99. The number of anilines is 1. The van der Waals surface area contributed by atoms with Gasteiger partial charge in [-0.1, -0.05) is 36.4 Å². The van der Waals surface area contributed by atoms with E-state index >= 15 is 0 Å². The molecule has 1 amide bonds. The number of nitrogens with zero attached hydrogens (tertiary/aromatic N) is 2. The van der Waals surface area contributed by atoms with Crippen molar-refractivity contribution in [2.75, 3.05) is 25.0 Å². The summed E-state index contributed by atoms with van der Waals surface area (Å²) in [5, 5.41) is 4.00. The van der Waals surface area contributed by atoms with Gasteiger partial charge in [0.25, 0.3) is 5.91 Å². The van der Waals surface area contributed by atoms with E-state index in [9.17, 15) is 4.79 Å². The molecule has 3 rings (SSSR count). The van der Waals surface area contributed by atoms with Crippen molar-refractivity contribution in [3.63, 3.8) is 0 Å². The quantitative estimate of drug-likeness (QED) is 0.786. The predicted octanol–water partition coefficient (Wildman–Crippen LogP) is 3.04. The van der Waals surface area contributed by atoms with E-state index in [1.54, 1.807) is 0 Å². The molecule has 1 aromatic heterocycles. The maximum atomic E-state index is 12.4. The summed E-state index contributed by atoms with van der Waals surface area (Å²) in [5.74, 6) is -0.0248. The second-order valence-electron chi connectivity index (χ2n) is 5.68. The van der Waals surface area contributed by atoms with Crippen LogP contribution in [0.15, 0.2) is 60.8 Å². The van der Waals surface area contributed by atoms with Crippen LogP contribution in [0, 0.1) is 0 Å². The molecule has 0 atom stereocenters. The van der Waals surface area contributed by atoms with Crippen molar-refractivity contribution in [2.24, 2.45) is 7.05 Å². The van der Waals surface area contributed by atoms with Gasteiger partial charge in [-0.25, -0.2) is 0 Å². The monoisotopic (exact) mass is 307 g/mol. The molecule has 118 valence electrons. The van der Waals surface area contributed by atoms with Crippen LogP contribution in [0.3, 0.4) is 0 Å². The van der Waals surface area contributed by atoms with Gasteiger partial charge in [0, 0.05) is 50.0 Å². The Bertz CT molecular complexity index is 808. The topological polar surface area (TPSA) is 37.3 Å². The van der Waals surface area contributed by atoms with Gasteiger partial charge in [-0.3, -0.25) is 4.79 Å². The van der Waals surface area contributed by atoms with Gasteiger partial charge < -0.3 is 14.8 Å². The molecule has 2 aromatic carbocycles. The van der Waals surface area contributed by atoms with Gasteiger partial charge in [-0.2, -0.15) is 0 Å². The molecular weight excluding hydrogens is 286 g/mol. The van der Waals surface area contributed by atoms with Gasteiger partial charge in [0.1, 0.15) is 0 Å². The molecule has 0 spiro atoms. The van der Waals surface area contributed by atoms with Crippen molar-refractivity contribution in [3.05, 3.63) is 66.4 Å². The highest BCUT2D eigenvalue weighted by atomic mass is 16.1. The zero-order chi connectivity index (χ0) is 16.2. The van der Waals surface area contributed by atoms with E-state index in [1.807, 2.05) is 67.3 Å². The highest BCUT2D eigenvalue weighted by Crippen LogP contribution is 2.20. The number of fused-ring (bicyclic) bond motifs is 1. The lowest BCUT2D eigenvalue weighted by Gasteiger charge is -2.19. The Morgan fingerprint density at radius 1 is 1.09 bits per heavy atom. The van der Waals surface area contributed by atoms with Crippen molar-refractivity contribution in [1.82, 2.24) is 9.88 Å². The molecule has 0 aliphatic rings. The van der Waals surface area contributed by atoms with Crippen LogP contribution in [-0.4, -0.2) is 30.6 Å². The number of para-hydroxylation sites is 2. The Morgan fingerprint density at radius 2 is 1.78 bits per heavy atom. The van der Waals surface area contributed by atoms with Crippen LogP contribution in [0.25, 0.3) is 10.9 Å². The summed E-state index contributed by atoms with van der Waals surface area (Å²) in [4.78, 5) is 14.6. The number of likely N-dealkylation sites (N-methyl/N-ethyl adjacent to an activating group) is 1. The van der Waals surface area contributed by atoms with E-state index in [0.29, 0.717) is 6.54 Å². The molecule has 0 unspecified atom stereocenters. The molecule has 0 bridgehead atoms. The summed E-state index contributed by atoms with van der Waals surface area (Å²) in [6.07, 6.45) is 1.89. The maximum absolute atomic E-state index is 12.4. The van der Waals surface area contributed by atoms with Crippen LogP contribution in [0.1, 0.15) is 10.4 Å². The lowest BCUT2D eigenvalue weighted by molar-refractivity contribution is 0.0956. The molecule has 4 heteroatoms. The fourth-order valence-electron chi connectivity index (χ4n) is 2.77. The highest BCUT2D eigenvalue weighted by Gasteiger charge is 2.13. The number of aromatic nitrogens is 1. The fourth-order valence-corrected chi connectivity index (χ4v) is 2.77. The van der Waals surface area contributed by atoms with Crippen LogP contribution in [0.2, 0.25) is 0 Å². The summed E-state index contributed by atoms with van der Waals surface area (Å²) in [6, 6.07) is 18.1. The van der Waals surface area contributed by atoms with E-state index in [-0.39, 0.29) is 5.91 Å². The number of carbonyl (C=O) groups excluding carboxylic acids is 1. The van der Waals surface area contributed by atoms with Crippen molar-refractivity contribution >= 4 is 22.5 Å². The largest absolute Gasteiger partial charge is 0.373 e. The first-order valence-electron chi connectivity index (χ1n) is 7.75. The minimum Gasteiger partial charge on any atom is -0.373 e. The summed E-state index contributed by atoms with van der Waals surface area (Å²) in [5.41, 5.74) is 2.94. The zero-order valence-corrected chi connectivity index (χ0v) is 13.5. The SMILES string of the molecule is CN(CCNC(=O)c1cn(C)c2ccccc12)c1ccccc1. The fraction of sp³-hybridized carbons (Fsp3) is 0.211. The molecule has 1 heterocycles. The molecule has 4 nitrogen and oxygen atoms in total. The number of hydrogen-bond acceptors (Lipinski definition) is 2. The van der Waals surface area contributed by atoms with E-state index in [1.165, 1.54) is 0 Å². The summed E-state index contributed by atoms with van der Waals surface area (Å²) in [7, 11) is 3.99. The Hall–Kier alpha value is -2.75. The lowest BCUT2D eigenvalue weighted by Crippen LogP contribution is -2.32. The Labute approximate surface area is 136 Å². The van der Waals surface area contributed by atoms with Crippen LogP contribution in [0.4, 0.5) is 5.69 Å². The van der Waals surface area contributed by atoms with Gasteiger partial charge in [-0.05, 0) is 18.2 Å². The van der Waals surface area contributed by atoms with Gasteiger partial charge in [0.05, 0.1) is 5.56 Å². The first-order valence-corrected chi connectivity index (χ1v) is 7.75. The molecule has 23 heavy (non-hydrogen) atoms. The second-order valence-corrected chi connectivity index (χ2v) is 5.68. The van der Waals surface area contributed by atoms with Crippen molar-refractivity contribution in [3.8, 4) is 0 Å². The van der Waals surface area contributed by atoms with E-state index in [2.05, 4.69) is 22.3 Å². The Kier molecular flexibility index (Phi) is 4.33. The molecule has 3 aromatic rings. The maximum Gasteiger partial charge on any atom is 0.253 e. The van der Waals surface area contributed by atoms with Gasteiger partial charge in [0.2, 0.25) is 0 Å². The third kappa shape index (κ3) is 3.21. The number of hydrogen-bond donors (Lipinski definition) is 1. The van der Waals surface area contributed by atoms with Crippen LogP contribution >= 0.6 is 0 Å². The summed E-state index contributed by atoms with van der Waals surface area (Å²) in [6.45, 7) is 1.37. The van der Waals surface area contributed by atoms with Crippen LogP contribution < -0.4 is 10.2 Å². The van der Waals surface area contributed by atoms with Crippen LogP contribution in [-0.2, 0) is 7.05 Å². The number of benzene rings is 2. The van der Waals surface area contributed by atoms with Gasteiger partial charge >= 0.3 is 0 Å². The second kappa shape index (κ2) is 6.57. The van der Waals surface area contributed by atoms with E-state index in [0.717, 1.165) is 28.7 Å². The van der Waals surface area contributed by atoms with Crippen LogP contribution in [0.5, 0.6) is 0 Å². The van der Waals surface area contributed by atoms with E-state index < -0.39 is 0 Å². The number of nitrogens with one attached hydrogen (secondary N) is 1. The average Bonchev–Trinajstić information content (AvgIpc) is 2.93. The number of amides is 1. The molecule has 1 N–H and O–H groups in total. The smallest absolute Gasteiger partial charge is 0.253 e. The summed E-state index contributed by atoms with van der Waals surface area (Å²) >= 11 is 0. The molecule has 0 aliphatic carbocycles. The normalized spacial score (nSPS) is 10.7. The number of aryl methyl sites for hydroxylation is 1. The third-order valence-corrected chi connectivity index (χ3v) is 4.07. The predicted molar refractivity (Wildman–Crippen MR) is 95.0 cm³/mol. The van der Waals surface area contributed by atoms with E-state index in [4.69, 9.17) is 0 Å². The first-order chi connectivity index (χ1) is 11.2. The minimum atomic E-state index is -0.0248. The molecule has 0 radical (unpaired) electrons. The van der Waals surface area contributed by atoms with Crippen molar-refractivity contribution in [2.45, 2.75) is 0 Å². The Morgan fingerprint density at radius 3 is 2.57 bits per heavy atom. The standard InChI is InChI=1S/C19H21N3O/c1-21(15-8-4-3-5-9-15)13-12-20-19(23)17-14-22(2)18-11-7-6-10-16(17)18/h3-11,14H,12-13H2,1-2H3,(H,20,23). The van der Waals surface area contributed by atoms with Gasteiger partial charge in [-0.15, -0.1) is 0 Å². The first kappa shape index (κ1) is 15.2. The molecule has 0 aliphatic heterocycles.